The van der Waals surface area contributed by atoms with E-state index in [2.05, 4.69) is 6.92 Å². The van der Waals surface area contributed by atoms with Crippen molar-refractivity contribution in [3.63, 3.8) is 0 Å². The quantitative estimate of drug-likeness (QED) is 0.507. The van der Waals surface area contributed by atoms with Crippen molar-refractivity contribution in [3.05, 3.63) is 0 Å². The van der Waals surface area contributed by atoms with Crippen LogP contribution in [0.4, 0.5) is 0 Å². The molecule has 0 saturated carbocycles. The van der Waals surface area contributed by atoms with E-state index in [0.717, 1.165) is 19.3 Å². The van der Waals surface area contributed by atoms with Gasteiger partial charge in [0.25, 0.3) is 0 Å². The second kappa shape index (κ2) is 9.13. The monoisotopic (exact) mass is 314 g/mol. The van der Waals surface area contributed by atoms with Gasteiger partial charge in [0.15, 0.2) is 0 Å². The highest BCUT2D eigenvalue weighted by atomic mass is 16.6. The molecule has 1 aliphatic heterocycles. The van der Waals surface area contributed by atoms with Gasteiger partial charge >= 0.3 is 11.9 Å². The van der Waals surface area contributed by atoms with E-state index in [1.165, 1.54) is 0 Å². The van der Waals surface area contributed by atoms with Crippen molar-refractivity contribution in [1.29, 1.82) is 0 Å². The Morgan fingerprint density at radius 2 is 1.64 bits per heavy atom. The number of hydrogen-bond donors (Lipinski definition) is 0. The molecule has 1 fully saturated rings. The molecule has 0 amide bonds. The summed E-state index contributed by atoms with van der Waals surface area (Å²) in [6, 6.07) is 0. The lowest BCUT2D eigenvalue weighted by Gasteiger charge is -2.19. The lowest BCUT2D eigenvalue weighted by molar-refractivity contribution is -0.155. The molecule has 5 nitrogen and oxygen atoms in total. The lowest BCUT2D eigenvalue weighted by atomic mass is 10.1. The van der Waals surface area contributed by atoms with Crippen LogP contribution in [0.3, 0.4) is 0 Å². The molecular formula is C17H30O5. The van der Waals surface area contributed by atoms with Crippen molar-refractivity contribution in [2.45, 2.75) is 90.4 Å². The fraction of sp³-hybridized carbons (Fsp3) is 0.882. The molecule has 0 spiro atoms. The normalized spacial score (nSPS) is 21.6. The Morgan fingerprint density at radius 3 is 2.18 bits per heavy atom. The lowest BCUT2D eigenvalue weighted by Crippen LogP contribution is -2.23. The van der Waals surface area contributed by atoms with Crippen LogP contribution < -0.4 is 0 Å². The Bertz CT molecular complexity index is 359. The van der Waals surface area contributed by atoms with Crippen LogP contribution in [0.25, 0.3) is 0 Å². The molecule has 0 aromatic heterocycles. The van der Waals surface area contributed by atoms with Gasteiger partial charge in [0.2, 0.25) is 0 Å². The first-order valence-electron chi connectivity index (χ1n) is 8.33. The molecular weight excluding hydrogens is 284 g/mol. The number of ether oxygens (including phenoxy) is 3. The van der Waals surface area contributed by atoms with Gasteiger partial charge in [0, 0.05) is 12.8 Å². The molecule has 0 aliphatic carbocycles. The van der Waals surface area contributed by atoms with Crippen molar-refractivity contribution in [2.24, 2.45) is 0 Å². The third-order valence-electron chi connectivity index (χ3n) is 3.51. The molecule has 128 valence electrons. The maximum Gasteiger partial charge on any atom is 0.306 e. The zero-order valence-corrected chi connectivity index (χ0v) is 14.4. The van der Waals surface area contributed by atoms with Crippen molar-refractivity contribution in [2.75, 3.05) is 6.61 Å². The number of carbonyl (C=O) groups is 2. The minimum absolute atomic E-state index is 0.0515. The topological polar surface area (TPSA) is 61.8 Å². The Kier molecular flexibility index (Phi) is 7.87. The molecule has 5 heteroatoms. The van der Waals surface area contributed by atoms with E-state index in [9.17, 15) is 9.59 Å². The molecule has 0 aromatic carbocycles. The van der Waals surface area contributed by atoms with Gasteiger partial charge in [-0.05, 0) is 52.9 Å². The molecule has 0 N–H and O–H groups in total. The second-order valence-corrected chi connectivity index (χ2v) is 6.84. The van der Waals surface area contributed by atoms with E-state index in [1.54, 1.807) is 0 Å². The van der Waals surface area contributed by atoms with E-state index in [1.807, 2.05) is 20.8 Å². The van der Waals surface area contributed by atoms with Crippen molar-refractivity contribution in [1.82, 2.24) is 0 Å². The minimum atomic E-state index is -0.451. The zero-order valence-electron chi connectivity index (χ0n) is 14.4. The van der Waals surface area contributed by atoms with Crippen molar-refractivity contribution < 1.29 is 23.8 Å². The highest BCUT2D eigenvalue weighted by Crippen LogP contribution is 2.22. The first-order valence-corrected chi connectivity index (χ1v) is 8.33. The largest absolute Gasteiger partial charge is 0.463 e. The fourth-order valence-corrected chi connectivity index (χ4v) is 2.39. The third kappa shape index (κ3) is 8.37. The number of rotatable bonds is 8. The maximum absolute atomic E-state index is 11.6. The van der Waals surface area contributed by atoms with Gasteiger partial charge in [-0.25, -0.2) is 0 Å². The molecule has 1 heterocycles. The van der Waals surface area contributed by atoms with E-state index < -0.39 is 5.60 Å². The summed E-state index contributed by atoms with van der Waals surface area (Å²) >= 11 is 0. The Balaban J connectivity index is 2.03. The first kappa shape index (κ1) is 18.9. The first-order chi connectivity index (χ1) is 10.3. The summed E-state index contributed by atoms with van der Waals surface area (Å²) in [7, 11) is 0. The van der Waals surface area contributed by atoms with Crippen LogP contribution in [0.2, 0.25) is 0 Å². The number of hydrogen-bond acceptors (Lipinski definition) is 5. The van der Waals surface area contributed by atoms with Crippen LogP contribution in [0.15, 0.2) is 0 Å². The van der Waals surface area contributed by atoms with Gasteiger partial charge < -0.3 is 14.2 Å². The summed E-state index contributed by atoms with van der Waals surface area (Å²) in [6.45, 7) is 7.98. The van der Waals surface area contributed by atoms with Gasteiger partial charge in [-0.15, -0.1) is 0 Å². The molecule has 0 radical (unpaired) electrons. The van der Waals surface area contributed by atoms with Crippen LogP contribution in [0, 0.1) is 0 Å². The Labute approximate surface area is 133 Å². The zero-order chi connectivity index (χ0) is 16.6. The highest BCUT2D eigenvalue weighted by molar-refractivity contribution is 5.70. The molecule has 22 heavy (non-hydrogen) atoms. The molecule has 0 unspecified atom stereocenters. The van der Waals surface area contributed by atoms with Crippen LogP contribution in [-0.4, -0.2) is 36.4 Å². The number of esters is 2. The van der Waals surface area contributed by atoms with Crippen molar-refractivity contribution >= 4 is 11.9 Å². The highest BCUT2D eigenvalue weighted by Gasteiger charge is 2.24. The van der Waals surface area contributed by atoms with Crippen LogP contribution in [0.5, 0.6) is 0 Å². The fourth-order valence-electron chi connectivity index (χ4n) is 2.39. The van der Waals surface area contributed by atoms with E-state index >= 15 is 0 Å². The van der Waals surface area contributed by atoms with Gasteiger partial charge in [-0.2, -0.15) is 0 Å². The molecule has 2 atom stereocenters. The van der Waals surface area contributed by atoms with Gasteiger partial charge in [-0.1, -0.05) is 6.92 Å². The van der Waals surface area contributed by atoms with E-state index in [-0.39, 0.29) is 18.0 Å². The molecule has 0 bridgehead atoms. The maximum atomic E-state index is 11.6. The van der Waals surface area contributed by atoms with Gasteiger partial charge in [0.05, 0.1) is 12.2 Å². The van der Waals surface area contributed by atoms with E-state index in [4.69, 9.17) is 14.2 Å². The summed E-state index contributed by atoms with van der Waals surface area (Å²) in [5.41, 5.74) is -0.451. The standard InChI is InChI=1S/C17H30O5/c1-5-13-10-11-14(21-13)12-20-15(18)8-6-7-9-16(19)22-17(2,3)4/h13-14H,5-12H2,1-4H3/t13-,14-/m0/s1. The Hall–Kier alpha value is -1.10. The third-order valence-corrected chi connectivity index (χ3v) is 3.51. The SMILES string of the molecule is CC[C@H]1CC[C@@H](COC(=O)CCCCC(=O)OC(C)(C)C)O1. The summed E-state index contributed by atoms with van der Waals surface area (Å²) in [4.78, 5) is 23.1. The minimum Gasteiger partial charge on any atom is -0.463 e. The molecule has 1 saturated heterocycles. The average Bonchev–Trinajstić information content (AvgIpc) is 2.87. The molecule has 1 aliphatic rings. The second-order valence-electron chi connectivity index (χ2n) is 6.84. The van der Waals surface area contributed by atoms with Gasteiger partial charge in [0.1, 0.15) is 12.2 Å². The summed E-state index contributed by atoms with van der Waals surface area (Å²) < 4.78 is 16.2. The number of unbranched alkanes of at least 4 members (excludes halogenated alkanes) is 1. The molecule has 1 rings (SSSR count). The van der Waals surface area contributed by atoms with Gasteiger partial charge in [-0.3, -0.25) is 9.59 Å². The predicted molar refractivity (Wildman–Crippen MR) is 83.5 cm³/mol. The summed E-state index contributed by atoms with van der Waals surface area (Å²) in [5, 5.41) is 0. The number of carbonyl (C=O) groups excluding carboxylic acids is 2. The average molecular weight is 314 g/mol. The summed E-state index contributed by atoms with van der Waals surface area (Å²) in [5.74, 6) is -0.432. The van der Waals surface area contributed by atoms with Crippen LogP contribution in [0.1, 0.15) is 72.6 Å². The Morgan fingerprint density at radius 1 is 1.05 bits per heavy atom. The predicted octanol–water partition coefficient (Wildman–Crippen LogP) is 3.39. The van der Waals surface area contributed by atoms with Crippen LogP contribution in [-0.2, 0) is 23.8 Å². The van der Waals surface area contributed by atoms with E-state index in [0.29, 0.717) is 38.4 Å². The van der Waals surface area contributed by atoms with Crippen molar-refractivity contribution in [3.8, 4) is 0 Å². The van der Waals surface area contributed by atoms with Crippen LogP contribution >= 0.6 is 0 Å². The molecule has 0 aromatic rings. The summed E-state index contributed by atoms with van der Waals surface area (Å²) in [6.07, 6.45) is 5.35. The smallest absolute Gasteiger partial charge is 0.306 e.